The predicted molar refractivity (Wildman–Crippen MR) is 72.5 cm³/mol. The highest BCUT2D eigenvalue weighted by atomic mass is 79.9. The van der Waals surface area contributed by atoms with Gasteiger partial charge in [0.15, 0.2) is 0 Å². The van der Waals surface area contributed by atoms with Crippen molar-refractivity contribution in [1.82, 2.24) is 4.98 Å². The van der Waals surface area contributed by atoms with Crippen LogP contribution in [0.4, 0.5) is 4.39 Å². The molecule has 2 N–H and O–H groups in total. The van der Waals surface area contributed by atoms with Gasteiger partial charge in [0.05, 0.1) is 11.7 Å². The third-order valence-electron chi connectivity index (χ3n) is 2.39. The molecule has 0 saturated carbocycles. The third-order valence-corrected chi connectivity index (χ3v) is 4.05. The zero-order chi connectivity index (χ0) is 12.6. The number of nitrogens with two attached hydrogens (primary N) is 1. The summed E-state index contributed by atoms with van der Waals surface area (Å²) in [6, 6.07) is 4.72. The van der Waals surface area contributed by atoms with Crippen molar-refractivity contribution < 1.29 is 4.39 Å². The zero-order valence-electron chi connectivity index (χ0n) is 9.50. The Morgan fingerprint density at radius 1 is 1.47 bits per heavy atom. The van der Waals surface area contributed by atoms with Crippen LogP contribution in [0.5, 0.6) is 0 Å². The molecule has 1 atom stereocenters. The molecular formula is C12H12BrFN2S. The van der Waals surface area contributed by atoms with Crippen LogP contribution in [0.15, 0.2) is 22.7 Å². The van der Waals surface area contributed by atoms with E-state index in [0.717, 1.165) is 14.4 Å². The van der Waals surface area contributed by atoms with Crippen LogP contribution in [0.2, 0.25) is 0 Å². The molecular weight excluding hydrogens is 303 g/mol. The highest BCUT2D eigenvalue weighted by Gasteiger charge is 2.15. The molecule has 1 aromatic carbocycles. The average molecular weight is 315 g/mol. The summed E-state index contributed by atoms with van der Waals surface area (Å²) in [6.45, 7) is 3.80. The van der Waals surface area contributed by atoms with Crippen LogP contribution in [-0.4, -0.2) is 4.98 Å². The maximum absolute atomic E-state index is 13.8. The molecule has 2 rings (SSSR count). The van der Waals surface area contributed by atoms with Crippen LogP contribution < -0.4 is 5.73 Å². The number of hydrogen-bond donors (Lipinski definition) is 1. The van der Waals surface area contributed by atoms with E-state index >= 15 is 0 Å². The molecule has 0 fully saturated rings. The van der Waals surface area contributed by atoms with Gasteiger partial charge in [-0.3, -0.25) is 0 Å². The van der Waals surface area contributed by atoms with E-state index in [4.69, 9.17) is 5.73 Å². The highest BCUT2D eigenvalue weighted by Crippen LogP contribution is 2.32. The van der Waals surface area contributed by atoms with Gasteiger partial charge in [-0.1, -0.05) is 15.9 Å². The van der Waals surface area contributed by atoms with E-state index < -0.39 is 0 Å². The van der Waals surface area contributed by atoms with Crippen LogP contribution in [0, 0.1) is 12.7 Å². The molecule has 90 valence electrons. The third kappa shape index (κ3) is 2.56. The number of aromatic nitrogens is 1. The van der Waals surface area contributed by atoms with Gasteiger partial charge in [0.1, 0.15) is 10.8 Å². The minimum absolute atomic E-state index is 0.123. The van der Waals surface area contributed by atoms with Crippen molar-refractivity contribution in [3.05, 3.63) is 38.4 Å². The first-order chi connectivity index (χ1) is 7.99. The zero-order valence-corrected chi connectivity index (χ0v) is 11.9. The second-order valence-electron chi connectivity index (χ2n) is 3.87. The van der Waals surface area contributed by atoms with Crippen molar-refractivity contribution in [3.8, 4) is 11.3 Å². The molecule has 1 heterocycles. The smallest absolute Gasteiger partial charge is 0.132 e. The maximum Gasteiger partial charge on any atom is 0.132 e. The quantitative estimate of drug-likeness (QED) is 0.908. The molecule has 0 radical (unpaired) electrons. The first-order valence-electron chi connectivity index (χ1n) is 5.17. The number of thiazole rings is 1. The van der Waals surface area contributed by atoms with Crippen LogP contribution in [-0.2, 0) is 0 Å². The largest absolute Gasteiger partial charge is 0.322 e. The molecule has 0 bridgehead atoms. The molecule has 5 heteroatoms. The Hall–Kier alpha value is -0.780. The highest BCUT2D eigenvalue weighted by molar-refractivity contribution is 9.10. The molecule has 1 aromatic heterocycles. The van der Waals surface area contributed by atoms with E-state index in [2.05, 4.69) is 20.9 Å². The first kappa shape index (κ1) is 12.7. The molecule has 1 unspecified atom stereocenters. The number of hydrogen-bond acceptors (Lipinski definition) is 3. The molecule has 0 amide bonds. The standard InChI is InChI=1S/C12H12BrFN2S/c1-6(15)12-16-11(7(2)17-12)9-5-8(13)3-4-10(9)14/h3-6H,15H2,1-2H3. The van der Waals surface area contributed by atoms with Crippen LogP contribution in [0.25, 0.3) is 11.3 Å². The minimum Gasteiger partial charge on any atom is -0.322 e. The van der Waals surface area contributed by atoms with Crippen molar-refractivity contribution in [2.24, 2.45) is 5.73 Å². The van der Waals surface area contributed by atoms with E-state index in [1.165, 1.54) is 17.4 Å². The second kappa shape index (κ2) is 4.84. The number of halogens is 2. The molecule has 2 aromatic rings. The number of nitrogens with zero attached hydrogens (tertiary/aromatic N) is 1. The van der Waals surface area contributed by atoms with Gasteiger partial charge < -0.3 is 5.73 Å². The van der Waals surface area contributed by atoms with Gasteiger partial charge in [0, 0.05) is 14.9 Å². The summed E-state index contributed by atoms with van der Waals surface area (Å²) >= 11 is 4.85. The number of aryl methyl sites for hydroxylation is 1. The van der Waals surface area contributed by atoms with E-state index in [-0.39, 0.29) is 11.9 Å². The monoisotopic (exact) mass is 314 g/mol. The Morgan fingerprint density at radius 3 is 2.76 bits per heavy atom. The van der Waals surface area contributed by atoms with E-state index in [1.807, 2.05) is 13.8 Å². The SMILES string of the molecule is Cc1sc(C(C)N)nc1-c1cc(Br)ccc1F. The molecule has 17 heavy (non-hydrogen) atoms. The summed E-state index contributed by atoms with van der Waals surface area (Å²) < 4.78 is 14.6. The average Bonchev–Trinajstić information content (AvgIpc) is 2.64. The van der Waals surface area contributed by atoms with Gasteiger partial charge in [-0.2, -0.15) is 0 Å². The summed E-state index contributed by atoms with van der Waals surface area (Å²) in [5.74, 6) is -0.266. The molecule has 0 aliphatic rings. The Labute approximate surface area is 112 Å². The molecule has 0 saturated heterocycles. The Kier molecular flexibility index (Phi) is 3.61. The number of benzene rings is 1. The maximum atomic E-state index is 13.8. The van der Waals surface area contributed by atoms with Gasteiger partial charge in [-0.15, -0.1) is 11.3 Å². The van der Waals surface area contributed by atoms with E-state index in [0.29, 0.717) is 11.3 Å². The van der Waals surface area contributed by atoms with Gasteiger partial charge >= 0.3 is 0 Å². The van der Waals surface area contributed by atoms with Gasteiger partial charge in [0.2, 0.25) is 0 Å². The Bertz CT molecular complexity index is 551. The van der Waals surface area contributed by atoms with Crippen molar-refractivity contribution in [3.63, 3.8) is 0 Å². The molecule has 2 nitrogen and oxygen atoms in total. The molecule has 0 aliphatic carbocycles. The minimum atomic E-state index is -0.266. The van der Waals surface area contributed by atoms with E-state index in [1.54, 1.807) is 12.1 Å². The fourth-order valence-corrected chi connectivity index (χ4v) is 2.79. The molecule has 0 spiro atoms. The summed E-state index contributed by atoms with van der Waals surface area (Å²) in [4.78, 5) is 5.40. The normalized spacial score (nSPS) is 12.8. The topological polar surface area (TPSA) is 38.9 Å². The molecule has 0 aliphatic heterocycles. The van der Waals surface area contributed by atoms with Crippen molar-refractivity contribution in [2.75, 3.05) is 0 Å². The van der Waals surface area contributed by atoms with Gasteiger partial charge in [0.25, 0.3) is 0 Å². The van der Waals surface area contributed by atoms with Crippen LogP contribution >= 0.6 is 27.3 Å². The Morgan fingerprint density at radius 2 is 2.18 bits per heavy atom. The fraction of sp³-hybridized carbons (Fsp3) is 0.250. The van der Waals surface area contributed by atoms with E-state index in [9.17, 15) is 4.39 Å². The van der Waals surface area contributed by atoms with Crippen molar-refractivity contribution in [1.29, 1.82) is 0 Å². The number of rotatable bonds is 2. The summed E-state index contributed by atoms with van der Waals surface area (Å²) in [6.07, 6.45) is 0. The summed E-state index contributed by atoms with van der Waals surface area (Å²) in [5, 5.41) is 0.830. The Balaban J connectivity index is 2.56. The second-order valence-corrected chi connectivity index (χ2v) is 6.02. The lowest BCUT2D eigenvalue weighted by molar-refractivity contribution is 0.630. The van der Waals surface area contributed by atoms with Crippen LogP contribution in [0.1, 0.15) is 22.9 Å². The van der Waals surface area contributed by atoms with Crippen molar-refractivity contribution >= 4 is 27.3 Å². The fourth-order valence-electron chi connectivity index (χ4n) is 1.54. The van der Waals surface area contributed by atoms with Crippen LogP contribution in [0.3, 0.4) is 0 Å². The van der Waals surface area contributed by atoms with Gasteiger partial charge in [-0.25, -0.2) is 9.37 Å². The first-order valence-corrected chi connectivity index (χ1v) is 6.78. The predicted octanol–water partition coefficient (Wildman–Crippen LogP) is 4.04. The lowest BCUT2D eigenvalue weighted by Crippen LogP contribution is -2.03. The lowest BCUT2D eigenvalue weighted by Gasteiger charge is -2.02. The van der Waals surface area contributed by atoms with Crippen molar-refractivity contribution in [2.45, 2.75) is 19.9 Å². The lowest BCUT2D eigenvalue weighted by atomic mass is 10.1. The van der Waals surface area contributed by atoms with Gasteiger partial charge in [-0.05, 0) is 32.0 Å². The summed E-state index contributed by atoms with van der Waals surface area (Å²) in [5.41, 5.74) is 6.98. The summed E-state index contributed by atoms with van der Waals surface area (Å²) in [7, 11) is 0.